The number of hydrogen-bond acceptors (Lipinski definition) is 2. The summed E-state index contributed by atoms with van der Waals surface area (Å²) >= 11 is 0. The quantitative estimate of drug-likeness (QED) is 0.720. The third-order valence-corrected chi connectivity index (χ3v) is 2.90. The van der Waals surface area contributed by atoms with Gasteiger partial charge in [0.15, 0.2) is 0 Å². The molecule has 1 N–H and O–H groups in total. The summed E-state index contributed by atoms with van der Waals surface area (Å²) in [6.45, 7) is 5.88. The maximum atomic E-state index is 10.8. The normalized spacial score (nSPS) is 19.9. The van der Waals surface area contributed by atoms with Crippen LogP contribution < -0.4 is 0 Å². The number of carbonyl (C=O) groups is 1. The van der Waals surface area contributed by atoms with Gasteiger partial charge in [0.05, 0.1) is 5.41 Å². The third kappa shape index (κ3) is 2.69. The molecule has 1 fully saturated rings. The maximum Gasteiger partial charge on any atom is 0.309 e. The lowest BCUT2D eigenvalue weighted by Gasteiger charge is -2.37. The molecule has 1 aliphatic rings. The van der Waals surface area contributed by atoms with E-state index in [1.807, 2.05) is 0 Å². The van der Waals surface area contributed by atoms with Gasteiger partial charge in [-0.2, -0.15) is 0 Å². The zero-order chi connectivity index (χ0) is 10.1. The first-order valence-corrected chi connectivity index (χ1v) is 4.84. The Morgan fingerprint density at radius 2 is 2.08 bits per heavy atom. The SMILES string of the molecule is CN1CC(CCC(C)(C)C(=O)O)C1. The number of likely N-dealkylation sites (tertiary alicyclic amines) is 1. The average Bonchev–Trinajstić information content (AvgIpc) is 1.95. The minimum absolute atomic E-state index is 0.547. The number of rotatable bonds is 4. The number of aliphatic carboxylic acids is 1. The summed E-state index contributed by atoms with van der Waals surface area (Å²) in [7, 11) is 2.10. The summed E-state index contributed by atoms with van der Waals surface area (Å²) in [5.74, 6) is 0.0452. The molecule has 13 heavy (non-hydrogen) atoms. The predicted octanol–water partition coefficient (Wildman–Crippen LogP) is 1.44. The predicted molar refractivity (Wildman–Crippen MR) is 51.6 cm³/mol. The largest absolute Gasteiger partial charge is 0.481 e. The monoisotopic (exact) mass is 185 g/mol. The molecule has 0 radical (unpaired) electrons. The summed E-state index contributed by atoms with van der Waals surface area (Å²) in [5.41, 5.74) is -0.547. The lowest BCUT2D eigenvalue weighted by Crippen LogP contribution is -2.44. The van der Waals surface area contributed by atoms with Crippen molar-refractivity contribution in [2.45, 2.75) is 26.7 Å². The van der Waals surface area contributed by atoms with Crippen molar-refractivity contribution in [1.82, 2.24) is 4.90 Å². The molecule has 0 atom stereocenters. The second-order valence-electron chi connectivity index (χ2n) is 4.81. The molecule has 0 spiro atoms. The summed E-state index contributed by atoms with van der Waals surface area (Å²) in [5, 5.41) is 8.89. The molecule has 0 saturated carbocycles. The Bertz CT molecular complexity index is 195. The van der Waals surface area contributed by atoms with Gasteiger partial charge in [0.1, 0.15) is 0 Å². The van der Waals surface area contributed by atoms with E-state index >= 15 is 0 Å². The zero-order valence-corrected chi connectivity index (χ0v) is 8.71. The Morgan fingerprint density at radius 1 is 1.54 bits per heavy atom. The Hall–Kier alpha value is -0.570. The topological polar surface area (TPSA) is 40.5 Å². The van der Waals surface area contributed by atoms with Crippen LogP contribution in [0.4, 0.5) is 0 Å². The van der Waals surface area contributed by atoms with Gasteiger partial charge in [-0.3, -0.25) is 4.79 Å². The molecule has 0 amide bonds. The van der Waals surface area contributed by atoms with E-state index in [1.54, 1.807) is 13.8 Å². The summed E-state index contributed by atoms with van der Waals surface area (Å²) in [6.07, 6.45) is 1.84. The highest BCUT2D eigenvalue weighted by Crippen LogP contribution is 2.28. The highest BCUT2D eigenvalue weighted by molar-refractivity contribution is 5.73. The average molecular weight is 185 g/mol. The third-order valence-electron chi connectivity index (χ3n) is 2.90. The van der Waals surface area contributed by atoms with Crippen LogP contribution in [0.2, 0.25) is 0 Å². The van der Waals surface area contributed by atoms with E-state index in [0.717, 1.165) is 31.8 Å². The molecule has 0 unspecified atom stereocenters. The van der Waals surface area contributed by atoms with Crippen LogP contribution in [-0.4, -0.2) is 36.1 Å². The van der Waals surface area contributed by atoms with Crippen LogP contribution in [0.5, 0.6) is 0 Å². The number of hydrogen-bond donors (Lipinski definition) is 1. The van der Waals surface area contributed by atoms with E-state index in [-0.39, 0.29) is 0 Å². The standard InChI is InChI=1S/C10H19NO2/c1-10(2,9(12)13)5-4-8-6-11(3)7-8/h8H,4-7H2,1-3H3,(H,12,13). The fourth-order valence-corrected chi connectivity index (χ4v) is 1.68. The van der Waals surface area contributed by atoms with Crippen LogP contribution >= 0.6 is 0 Å². The van der Waals surface area contributed by atoms with Crippen molar-refractivity contribution in [2.75, 3.05) is 20.1 Å². The van der Waals surface area contributed by atoms with Crippen molar-refractivity contribution < 1.29 is 9.90 Å². The van der Waals surface area contributed by atoms with Crippen LogP contribution in [0.3, 0.4) is 0 Å². The minimum Gasteiger partial charge on any atom is -0.481 e. The minimum atomic E-state index is -0.680. The molecular formula is C10H19NO2. The van der Waals surface area contributed by atoms with Crippen LogP contribution in [0.15, 0.2) is 0 Å². The fraction of sp³-hybridized carbons (Fsp3) is 0.900. The van der Waals surface area contributed by atoms with Crippen molar-refractivity contribution >= 4 is 5.97 Å². The van der Waals surface area contributed by atoms with E-state index in [0.29, 0.717) is 0 Å². The van der Waals surface area contributed by atoms with Gasteiger partial charge < -0.3 is 10.0 Å². The maximum absolute atomic E-state index is 10.8. The van der Waals surface area contributed by atoms with Gasteiger partial charge in [0.2, 0.25) is 0 Å². The van der Waals surface area contributed by atoms with Gasteiger partial charge >= 0.3 is 5.97 Å². The molecule has 1 saturated heterocycles. The van der Waals surface area contributed by atoms with Crippen LogP contribution in [0.1, 0.15) is 26.7 Å². The molecule has 1 rings (SSSR count). The smallest absolute Gasteiger partial charge is 0.309 e. The number of nitrogens with zero attached hydrogens (tertiary/aromatic N) is 1. The molecule has 1 heterocycles. The molecule has 0 aliphatic carbocycles. The molecule has 1 aliphatic heterocycles. The lowest BCUT2D eigenvalue weighted by molar-refractivity contribution is -0.147. The van der Waals surface area contributed by atoms with Crippen LogP contribution in [-0.2, 0) is 4.79 Å². The summed E-state index contributed by atoms with van der Waals surface area (Å²) < 4.78 is 0. The molecule has 0 aromatic carbocycles. The van der Waals surface area contributed by atoms with Gasteiger partial charge in [-0.25, -0.2) is 0 Å². The Labute approximate surface area is 79.7 Å². The fourth-order valence-electron chi connectivity index (χ4n) is 1.68. The highest BCUT2D eigenvalue weighted by Gasteiger charge is 2.30. The first-order valence-electron chi connectivity index (χ1n) is 4.84. The van der Waals surface area contributed by atoms with Crippen molar-refractivity contribution in [3.05, 3.63) is 0 Å². The van der Waals surface area contributed by atoms with Gasteiger partial charge in [0, 0.05) is 13.1 Å². The molecule has 0 aromatic rings. The van der Waals surface area contributed by atoms with E-state index in [4.69, 9.17) is 5.11 Å². The van der Waals surface area contributed by atoms with Gasteiger partial charge in [0.25, 0.3) is 0 Å². The molecular weight excluding hydrogens is 166 g/mol. The van der Waals surface area contributed by atoms with Gasteiger partial charge in [-0.05, 0) is 39.7 Å². The first kappa shape index (κ1) is 10.5. The van der Waals surface area contributed by atoms with Crippen molar-refractivity contribution in [3.8, 4) is 0 Å². The highest BCUT2D eigenvalue weighted by atomic mass is 16.4. The number of carboxylic acids is 1. The van der Waals surface area contributed by atoms with Crippen LogP contribution in [0.25, 0.3) is 0 Å². The van der Waals surface area contributed by atoms with E-state index in [9.17, 15) is 4.79 Å². The second-order valence-corrected chi connectivity index (χ2v) is 4.81. The first-order chi connectivity index (χ1) is 5.92. The Kier molecular flexibility index (Phi) is 2.96. The van der Waals surface area contributed by atoms with E-state index in [1.165, 1.54) is 0 Å². The van der Waals surface area contributed by atoms with Crippen molar-refractivity contribution in [3.63, 3.8) is 0 Å². The molecule has 0 aromatic heterocycles. The zero-order valence-electron chi connectivity index (χ0n) is 8.71. The van der Waals surface area contributed by atoms with E-state index in [2.05, 4.69) is 11.9 Å². The van der Waals surface area contributed by atoms with Crippen molar-refractivity contribution in [2.24, 2.45) is 11.3 Å². The van der Waals surface area contributed by atoms with Gasteiger partial charge in [-0.15, -0.1) is 0 Å². The van der Waals surface area contributed by atoms with Crippen LogP contribution in [0, 0.1) is 11.3 Å². The lowest BCUT2D eigenvalue weighted by atomic mass is 9.83. The second kappa shape index (κ2) is 3.66. The molecule has 76 valence electrons. The molecule has 0 bridgehead atoms. The summed E-state index contributed by atoms with van der Waals surface area (Å²) in [6, 6.07) is 0. The Balaban J connectivity index is 2.22. The van der Waals surface area contributed by atoms with Crippen molar-refractivity contribution in [1.29, 1.82) is 0 Å². The molecule has 3 heteroatoms. The van der Waals surface area contributed by atoms with Gasteiger partial charge in [-0.1, -0.05) is 0 Å². The number of carboxylic acid groups (broad SMARTS) is 1. The Morgan fingerprint density at radius 3 is 2.46 bits per heavy atom. The molecule has 3 nitrogen and oxygen atoms in total. The van der Waals surface area contributed by atoms with E-state index < -0.39 is 11.4 Å². The summed E-state index contributed by atoms with van der Waals surface area (Å²) in [4.78, 5) is 13.1.